The van der Waals surface area contributed by atoms with Crippen LogP contribution < -0.4 is 26.0 Å². The largest absolute Gasteiger partial charge is 0.508 e. The van der Waals surface area contributed by atoms with E-state index in [9.17, 15) is 33.9 Å². The Morgan fingerprint density at radius 3 is 1.35 bits per heavy atom. The summed E-state index contributed by atoms with van der Waals surface area (Å²) in [5.74, 6) is -1.40. The Hall–Kier alpha value is -8.96. The van der Waals surface area contributed by atoms with Gasteiger partial charge in [-0.1, -0.05) is 113 Å². The van der Waals surface area contributed by atoms with Crippen LogP contribution in [-0.2, 0) is 19.1 Å². The maximum Gasteiger partial charge on any atom is 0.407 e. The molecule has 4 amide bonds. The number of ether oxygens (including phenoxy) is 3. The van der Waals surface area contributed by atoms with Gasteiger partial charge in [0.2, 0.25) is 11.8 Å². The molecule has 2 unspecified atom stereocenters. The molecule has 6 aromatic carbocycles. The third kappa shape index (κ3) is 19.5. The Morgan fingerprint density at radius 1 is 0.519 bits per heavy atom. The van der Waals surface area contributed by atoms with Crippen LogP contribution in [-0.4, -0.2) is 86.9 Å². The number of phenols is 1. The first-order valence-electron chi connectivity index (χ1n) is 25.2. The number of anilines is 2. The molecule has 0 bridgehead atoms. The summed E-state index contributed by atoms with van der Waals surface area (Å²) in [5.41, 5.74) is 2.61. The predicted molar refractivity (Wildman–Crippen MR) is 310 cm³/mol. The number of amides is 4. The van der Waals surface area contributed by atoms with Gasteiger partial charge in [0.1, 0.15) is 22.7 Å². The van der Waals surface area contributed by atoms with Crippen molar-refractivity contribution in [2.75, 3.05) is 35.7 Å². The zero-order valence-corrected chi connectivity index (χ0v) is 46.3. The molecule has 2 atom stereocenters. The molecule has 8 rings (SSSR count). The number of carbonyl (C=O) groups is 6. The summed E-state index contributed by atoms with van der Waals surface area (Å²) in [6, 6.07) is 46.2. The van der Waals surface area contributed by atoms with Crippen LogP contribution in [0.15, 0.2) is 183 Å². The number of rotatable bonds is 16. The Balaban J connectivity index is 0.000000222. The van der Waals surface area contributed by atoms with Crippen LogP contribution in [0.4, 0.5) is 21.0 Å². The molecule has 2 aromatic heterocycles. The molecule has 2 heterocycles. The molecular formula is C62H63BrN6O10. The van der Waals surface area contributed by atoms with Gasteiger partial charge < -0.3 is 40.6 Å². The van der Waals surface area contributed by atoms with Gasteiger partial charge in [-0.2, -0.15) is 0 Å². The van der Waals surface area contributed by atoms with Crippen molar-refractivity contribution < 1.29 is 48.1 Å². The number of benzene rings is 6. The number of carbonyl (C=O) groups excluding carboxylic acids is 6. The van der Waals surface area contributed by atoms with Crippen molar-refractivity contribution in [3.63, 3.8) is 0 Å². The number of hydrogen-bond acceptors (Lipinski definition) is 12. The number of Topliss-reactive ketones (excluding diaryl/α,β-unsaturated/α-hetero) is 2. The Bertz CT molecular complexity index is 3330. The van der Waals surface area contributed by atoms with Crippen LogP contribution in [0.2, 0.25) is 0 Å². The maximum atomic E-state index is 13.4. The van der Waals surface area contributed by atoms with Crippen molar-refractivity contribution in [3.05, 3.63) is 205 Å². The van der Waals surface area contributed by atoms with E-state index < -0.39 is 35.2 Å². The van der Waals surface area contributed by atoms with Crippen LogP contribution >= 0.6 is 15.9 Å². The zero-order chi connectivity index (χ0) is 57.0. The average Bonchev–Trinajstić information content (AvgIpc) is 3.43. The van der Waals surface area contributed by atoms with Gasteiger partial charge in [0.05, 0.1) is 17.2 Å². The molecule has 0 radical (unpaired) electrons. The lowest BCUT2D eigenvalue weighted by Crippen LogP contribution is -2.37. The first-order chi connectivity index (χ1) is 37.7. The van der Waals surface area contributed by atoms with E-state index in [1.807, 2.05) is 72.8 Å². The van der Waals surface area contributed by atoms with E-state index >= 15 is 0 Å². The number of phenolic OH excluding ortho intramolecular Hbond substituents is 1. The number of fused-ring (bicyclic) bond motifs is 2. The van der Waals surface area contributed by atoms with Crippen LogP contribution in [0.1, 0.15) is 85.2 Å². The smallest absolute Gasteiger partial charge is 0.407 e. The summed E-state index contributed by atoms with van der Waals surface area (Å²) in [7, 11) is 0. The number of halogens is 1. The Kier molecular flexibility index (Phi) is 21.3. The average molecular weight is 1130 g/mol. The van der Waals surface area contributed by atoms with E-state index in [1.54, 1.807) is 139 Å². The highest BCUT2D eigenvalue weighted by Crippen LogP contribution is 2.26. The van der Waals surface area contributed by atoms with Gasteiger partial charge in [-0.05, 0) is 124 Å². The number of pyridine rings is 2. The first-order valence-corrected chi connectivity index (χ1v) is 26.3. The third-order valence-corrected chi connectivity index (χ3v) is 11.9. The zero-order valence-electron chi connectivity index (χ0n) is 44.7. The molecule has 0 saturated heterocycles. The van der Waals surface area contributed by atoms with Crippen molar-refractivity contribution in [1.29, 1.82) is 0 Å². The Morgan fingerprint density at radius 2 is 0.937 bits per heavy atom. The lowest BCUT2D eigenvalue weighted by Gasteiger charge is -2.22. The monoisotopic (exact) mass is 1130 g/mol. The molecule has 0 saturated carbocycles. The molecule has 0 spiro atoms. The minimum atomic E-state index is -0.717. The SMILES string of the molecule is CC(C)(C)OC(=O)NCC(C(=O)Nc1ccc2cnccc2c1)c1ccc(O)cc1.CC(C)(C)OC(=O)NCC(C(=O)Nc1ccc2cnccc2c1)c1ccc(OCC(=O)c2ccccc2)cc1.O=C(CBr)c1ccccc1. The summed E-state index contributed by atoms with van der Waals surface area (Å²) in [4.78, 5) is 82.4. The van der Waals surface area contributed by atoms with Gasteiger partial charge >= 0.3 is 12.2 Å². The minimum absolute atomic E-state index is 0.0188. The molecule has 408 valence electrons. The summed E-state index contributed by atoms with van der Waals surface area (Å²) >= 11 is 3.10. The number of aromatic nitrogens is 2. The molecule has 16 nitrogen and oxygen atoms in total. The van der Waals surface area contributed by atoms with Crippen LogP contribution in [0, 0.1) is 0 Å². The summed E-state index contributed by atoms with van der Waals surface area (Å²) in [6.45, 7) is 10.6. The lowest BCUT2D eigenvalue weighted by molar-refractivity contribution is -0.118. The maximum absolute atomic E-state index is 13.4. The molecule has 0 fully saturated rings. The van der Waals surface area contributed by atoms with Crippen molar-refractivity contribution in [1.82, 2.24) is 20.6 Å². The van der Waals surface area contributed by atoms with Crippen LogP contribution in [0.3, 0.4) is 0 Å². The van der Waals surface area contributed by atoms with E-state index in [0.717, 1.165) is 27.1 Å². The highest BCUT2D eigenvalue weighted by Gasteiger charge is 2.26. The molecule has 8 aromatic rings. The Labute approximate surface area is 467 Å². The quantitative estimate of drug-likeness (QED) is 0.0450. The van der Waals surface area contributed by atoms with Crippen molar-refractivity contribution in [3.8, 4) is 11.5 Å². The molecule has 79 heavy (non-hydrogen) atoms. The molecule has 0 aliphatic heterocycles. The highest BCUT2D eigenvalue weighted by molar-refractivity contribution is 9.09. The van der Waals surface area contributed by atoms with Crippen LogP contribution in [0.5, 0.6) is 11.5 Å². The van der Waals surface area contributed by atoms with Crippen molar-refractivity contribution >= 4 is 84.4 Å². The van der Waals surface area contributed by atoms with Crippen molar-refractivity contribution in [2.45, 2.75) is 64.6 Å². The van der Waals surface area contributed by atoms with E-state index in [-0.39, 0.29) is 48.8 Å². The number of alkyl carbamates (subject to hydrolysis) is 2. The fourth-order valence-corrected chi connectivity index (χ4v) is 7.89. The topological polar surface area (TPSA) is 224 Å². The second-order valence-corrected chi connectivity index (χ2v) is 20.4. The van der Waals surface area contributed by atoms with Gasteiger partial charge in [-0.15, -0.1) is 0 Å². The summed E-state index contributed by atoms with van der Waals surface area (Å²) in [5, 5.41) is 25.0. The summed E-state index contributed by atoms with van der Waals surface area (Å²) in [6.07, 6.45) is 5.68. The number of alkyl halides is 1. The lowest BCUT2D eigenvalue weighted by atomic mass is 9.97. The predicted octanol–water partition coefficient (Wildman–Crippen LogP) is 12.2. The van der Waals surface area contributed by atoms with E-state index in [2.05, 4.69) is 47.2 Å². The van der Waals surface area contributed by atoms with Gasteiger partial charge in [-0.3, -0.25) is 29.1 Å². The molecular weight excluding hydrogens is 1070 g/mol. The minimum Gasteiger partial charge on any atom is -0.508 e. The third-order valence-electron chi connectivity index (χ3n) is 11.4. The van der Waals surface area contributed by atoms with Gasteiger partial charge in [0, 0.05) is 71.2 Å². The van der Waals surface area contributed by atoms with Gasteiger partial charge in [-0.25, -0.2) is 9.59 Å². The number of ketones is 2. The van der Waals surface area contributed by atoms with E-state index in [1.165, 1.54) is 12.1 Å². The summed E-state index contributed by atoms with van der Waals surface area (Å²) < 4.78 is 16.3. The molecule has 5 N–H and O–H groups in total. The number of nitrogens with one attached hydrogen (secondary N) is 4. The normalized spacial score (nSPS) is 11.7. The molecule has 0 aliphatic carbocycles. The fourth-order valence-electron chi connectivity index (χ4n) is 7.56. The standard InChI is InChI=1S/C31H31N3O5.C23H25N3O4.C8H7BrO/c1-31(2,3)39-30(37)33-19-27(29(36)34-25-12-9-24-18-32-16-15-23(24)17-25)21-10-13-26(14-11-21)38-20-28(35)22-7-5-4-6-8-22;1-23(2,3)30-22(29)25-14-20(15-5-8-19(27)9-6-15)21(28)26-18-7-4-17-13-24-11-10-16(17)12-18;9-6-8(10)7-4-2-1-3-5-7/h4-18,27H,19-20H2,1-3H3,(H,33,37)(H,34,36);4-13,20,27H,14H2,1-3H3,(H,25,29)(H,26,28);1-5H,6H2. The first kappa shape index (κ1) is 59.3. The molecule has 17 heteroatoms. The second kappa shape index (κ2) is 28.4. The van der Waals surface area contributed by atoms with E-state index in [0.29, 0.717) is 39.1 Å². The highest BCUT2D eigenvalue weighted by atomic mass is 79.9. The van der Waals surface area contributed by atoms with Gasteiger partial charge in [0.25, 0.3) is 0 Å². The number of aromatic hydroxyl groups is 1. The fraction of sp³-hybridized carbons (Fsp3) is 0.226. The second-order valence-electron chi connectivity index (χ2n) is 19.9. The van der Waals surface area contributed by atoms with Crippen LogP contribution in [0.25, 0.3) is 21.5 Å². The molecule has 0 aliphatic rings. The number of nitrogens with zero attached hydrogens (tertiary/aromatic N) is 2. The van der Waals surface area contributed by atoms with Gasteiger partial charge in [0.15, 0.2) is 18.2 Å². The van der Waals surface area contributed by atoms with Crippen molar-refractivity contribution in [2.24, 2.45) is 0 Å². The van der Waals surface area contributed by atoms with E-state index in [4.69, 9.17) is 14.2 Å². The number of hydrogen-bond donors (Lipinski definition) is 5.